The summed E-state index contributed by atoms with van der Waals surface area (Å²) in [4.78, 5) is 11.0. The molecule has 0 radical (unpaired) electrons. The van der Waals surface area contributed by atoms with E-state index in [1.54, 1.807) is 32.9 Å². The van der Waals surface area contributed by atoms with Crippen LogP contribution in [0.25, 0.3) is 0 Å². The Balaban J connectivity index is 3.38. The lowest BCUT2D eigenvalue weighted by Gasteiger charge is -2.21. The fraction of sp³-hybridized carbons (Fsp3) is 0.462. The Morgan fingerprint density at radius 2 is 1.68 bits per heavy atom. The maximum atomic E-state index is 12.5. The number of hydrogen-bond acceptors (Lipinski definition) is 3. The third kappa shape index (κ3) is 3.33. The molecule has 0 saturated heterocycles. The molecule has 0 unspecified atom stereocenters. The van der Waals surface area contributed by atoms with E-state index in [9.17, 15) is 13.2 Å². The van der Waals surface area contributed by atoms with Crippen molar-refractivity contribution in [3.63, 3.8) is 0 Å². The molecule has 0 aromatic heterocycles. The summed E-state index contributed by atoms with van der Waals surface area (Å²) < 4.78 is 26.0. The van der Waals surface area contributed by atoms with Crippen molar-refractivity contribution >= 4 is 16.0 Å². The van der Waals surface area contributed by atoms with E-state index in [0.717, 1.165) is 9.87 Å². The van der Waals surface area contributed by atoms with E-state index >= 15 is 0 Å². The summed E-state index contributed by atoms with van der Waals surface area (Å²) >= 11 is 0. The third-order valence-electron chi connectivity index (χ3n) is 2.87. The van der Waals surface area contributed by atoms with Crippen LogP contribution < -0.4 is 0 Å². The van der Waals surface area contributed by atoms with Crippen molar-refractivity contribution in [2.24, 2.45) is 0 Å². The molecule has 1 aromatic carbocycles. The van der Waals surface area contributed by atoms with E-state index in [-0.39, 0.29) is 11.4 Å². The van der Waals surface area contributed by atoms with Crippen LogP contribution in [0.5, 0.6) is 0 Å². The minimum Gasteiger partial charge on any atom is -0.480 e. The highest BCUT2D eigenvalue weighted by atomic mass is 32.2. The van der Waals surface area contributed by atoms with Crippen molar-refractivity contribution in [3.05, 3.63) is 28.8 Å². The molecule has 0 aliphatic heterocycles. The van der Waals surface area contributed by atoms with Crippen molar-refractivity contribution in [1.29, 1.82) is 0 Å². The SMILES string of the molecule is CCN(CC(=O)O)S(=O)(=O)c1c(C)cc(C)cc1C. The summed E-state index contributed by atoms with van der Waals surface area (Å²) in [7, 11) is -3.77. The van der Waals surface area contributed by atoms with E-state index < -0.39 is 22.5 Å². The molecular weight excluding hydrogens is 266 g/mol. The average Bonchev–Trinajstić information content (AvgIpc) is 2.23. The van der Waals surface area contributed by atoms with Gasteiger partial charge in [0.25, 0.3) is 0 Å². The van der Waals surface area contributed by atoms with Crippen molar-refractivity contribution in [2.75, 3.05) is 13.1 Å². The van der Waals surface area contributed by atoms with Gasteiger partial charge in [0.05, 0.1) is 4.90 Å². The second-order valence-corrected chi connectivity index (χ2v) is 6.43. The highest BCUT2D eigenvalue weighted by Crippen LogP contribution is 2.25. The van der Waals surface area contributed by atoms with Crippen LogP contribution in [0.3, 0.4) is 0 Å². The Hall–Kier alpha value is -1.40. The number of likely N-dealkylation sites (N-methyl/N-ethyl adjacent to an activating group) is 1. The van der Waals surface area contributed by atoms with E-state index in [4.69, 9.17) is 5.11 Å². The zero-order chi connectivity index (χ0) is 14.8. The van der Waals surface area contributed by atoms with Crippen molar-refractivity contribution in [1.82, 2.24) is 4.31 Å². The van der Waals surface area contributed by atoms with Gasteiger partial charge in [0, 0.05) is 6.54 Å². The van der Waals surface area contributed by atoms with Crippen LogP contribution in [0, 0.1) is 20.8 Å². The second kappa shape index (κ2) is 5.71. The van der Waals surface area contributed by atoms with Gasteiger partial charge in [-0.2, -0.15) is 4.31 Å². The van der Waals surface area contributed by atoms with Crippen LogP contribution in [-0.4, -0.2) is 36.9 Å². The fourth-order valence-corrected chi connectivity index (χ4v) is 4.03. The molecule has 6 heteroatoms. The Kier molecular flexibility index (Phi) is 4.70. The lowest BCUT2D eigenvalue weighted by atomic mass is 10.1. The smallest absolute Gasteiger partial charge is 0.318 e. The minimum atomic E-state index is -3.77. The van der Waals surface area contributed by atoms with Gasteiger partial charge in [0.2, 0.25) is 10.0 Å². The molecular formula is C13H19NO4S. The third-order valence-corrected chi connectivity index (χ3v) is 5.09. The van der Waals surface area contributed by atoms with E-state index in [2.05, 4.69) is 0 Å². The highest BCUT2D eigenvalue weighted by Gasteiger charge is 2.28. The Morgan fingerprint density at radius 1 is 1.21 bits per heavy atom. The van der Waals surface area contributed by atoms with Crippen molar-refractivity contribution < 1.29 is 18.3 Å². The van der Waals surface area contributed by atoms with Gasteiger partial charge in [0.15, 0.2) is 0 Å². The van der Waals surface area contributed by atoms with Gasteiger partial charge in [-0.1, -0.05) is 24.6 Å². The fourth-order valence-electron chi connectivity index (χ4n) is 2.22. The topological polar surface area (TPSA) is 74.7 Å². The van der Waals surface area contributed by atoms with E-state index in [1.807, 2.05) is 6.92 Å². The first-order valence-corrected chi connectivity index (χ1v) is 7.44. The van der Waals surface area contributed by atoms with E-state index in [0.29, 0.717) is 11.1 Å². The molecule has 0 fully saturated rings. The zero-order valence-electron chi connectivity index (χ0n) is 11.6. The molecule has 0 aliphatic rings. The monoisotopic (exact) mass is 285 g/mol. The molecule has 19 heavy (non-hydrogen) atoms. The van der Waals surface area contributed by atoms with Gasteiger partial charge < -0.3 is 5.11 Å². The van der Waals surface area contributed by atoms with E-state index in [1.165, 1.54) is 0 Å². The number of rotatable bonds is 5. The second-order valence-electron chi connectivity index (χ2n) is 4.55. The molecule has 0 spiro atoms. The number of carbonyl (C=O) groups is 1. The Bertz CT molecular complexity index is 570. The van der Waals surface area contributed by atoms with Gasteiger partial charge in [-0.05, 0) is 31.9 Å². The standard InChI is InChI=1S/C13H19NO4S/c1-5-14(8-12(15)16)19(17,18)13-10(3)6-9(2)7-11(13)4/h6-7H,5,8H2,1-4H3,(H,15,16). The lowest BCUT2D eigenvalue weighted by Crippen LogP contribution is -2.36. The summed E-state index contributed by atoms with van der Waals surface area (Å²) in [5.41, 5.74) is 2.26. The number of carboxylic acid groups (broad SMARTS) is 1. The first kappa shape index (κ1) is 15.7. The normalized spacial score (nSPS) is 11.8. The molecule has 1 rings (SSSR count). The lowest BCUT2D eigenvalue weighted by molar-refractivity contribution is -0.137. The molecule has 0 atom stereocenters. The molecule has 5 nitrogen and oxygen atoms in total. The van der Waals surface area contributed by atoms with Gasteiger partial charge in [0.1, 0.15) is 6.54 Å². The summed E-state index contributed by atoms with van der Waals surface area (Å²) in [6, 6.07) is 3.57. The summed E-state index contributed by atoms with van der Waals surface area (Å²) in [5, 5.41) is 8.80. The molecule has 1 aromatic rings. The summed E-state index contributed by atoms with van der Waals surface area (Å²) in [6.07, 6.45) is 0. The Morgan fingerprint density at radius 3 is 2.05 bits per heavy atom. The predicted molar refractivity (Wildman–Crippen MR) is 72.7 cm³/mol. The molecule has 0 aliphatic carbocycles. The summed E-state index contributed by atoms with van der Waals surface area (Å²) in [6.45, 7) is 6.57. The van der Waals surface area contributed by atoms with Gasteiger partial charge in [-0.25, -0.2) is 8.42 Å². The maximum Gasteiger partial charge on any atom is 0.318 e. The number of hydrogen-bond donors (Lipinski definition) is 1. The number of benzene rings is 1. The van der Waals surface area contributed by atoms with Crippen molar-refractivity contribution in [3.8, 4) is 0 Å². The van der Waals surface area contributed by atoms with Crippen molar-refractivity contribution in [2.45, 2.75) is 32.6 Å². The zero-order valence-corrected chi connectivity index (χ0v) is 12.4. The number of nitrogens with zero attached hydrogens (tertiary/aromatic N) is 1. The van der Waals surface area contributed by atoms with Crippen LogP contribution >= 0.6 is 0 Å². The molecule has 0 saturated carbocycles. The number of carboxylic acids is 1. The average molecular weight is 285 g/mol. The molecule has 0 heterocycles. The predicted octanol–water partition coefficient (Wildman–Crippen LogP) is 1.71. The summed E-state index contributed by atoms with van der Waals surface area (Å²) in [5.74, 6) is -1.16. The molecule has 1 N–H and O–H groups in total. The van der Waals surface area contributed by atoms with Gasteiger partial charge in [-0.3, -0.25) is 4.79 Å². The first-order valence-electron chi connectivity index (χ1n) is 6.00. The number of aryl methyl sites for hydroxylation is 3. The largest absolute Gasteiger partial charge is 0.480 e. The van der Waals surface area contributed by atoms with Crippen LogP contribution in [0.15, 0.2) is 17.0 Å². The maximum absolute atomic E-state index is 12.5. The minimum absolute atomic E-state index is 0.126. The highest BCUT2D eigenvalue weighted by molar-refractivity contribution is 7.89. The van der Waals surface area contributed by atoms with Crippen LogP contribution in [0.4, 0.5) is 0 Å². The number of sulfonamides is 1. The Labute approximate surface area is 113 Å². The van der Waals surface area contributed by atoms with Crippen LogP contribution in [-0.2, 0) is 14.8 Å². The molecule has 0 amide bonds. The van der Waals surface area contributed by atoms with Gasteiger partial charge in [-0.15, -0.1) is 0 Å². The number of aliphatic carboxylic acids is 1. The molecule has 0 bridgehead atoms. The molecule has 106 valence electrons. The first-order chi connectivity index (χ1) is 8.70. The van der Waals surface area contributed by atoms with Crippen LogP contribution in [0.2, 0.25) is 0 Å². The van der Waals surface area contributed by atoms with Crippen LogP contribution in [0.1, 0.15) is 23.6 Å². The quantitative estimate of drug-likeness (QED) is 0.893. The van der Waals surface area contributed by atoms with Gasteiger partial charge >= 0.3 is 5.97 Å².